The zero-order valence-electron chi connectivity index (χ0n) is 17.4. The monoisotopic (exact) mass is 466 g/mol. The Hall–Kier alpha value is -3.29. The third-order valence-corrected chi connectivity index (χ3v) is 5.55. The quantitative estimate of drug-likeness (QED) is 0.245. The smallest absolute Gasteiger partial charge is 0.221 e. The van der Waals surface area contributed by atoms with E-state index in [9.17, 15) is 9.50 Å². The van der Waals surface area contributed by atoms with E-state index in [1.165, 1.54) is 12.1 Å². The predicted octanol–water partition coefficient (Wildman–Crippen LogP) is 7.29. The van der Waals surface area contributed by atoms with E-state index in [1.54, 1.807) is 10.6 Å². The van der Waals surface area contributed by atoms with Crippen molar-refractivity contribution in [2.24, 2.45) is 10.2 Å². The molecule has 0 fully saturated rings. The zero-order valence-corrected chi connectivity index (χ0v) is 19.0. The van der Waals surface area contributed by atoms with Crippen LogP contribution in [-0.4, -0.2) is 14.8 Å². The maximum atomic E-state index is 14.3. The van der Waals surface area contributed by atoms with Crippen LogP contribution in [0.1, 0.15) is 16.7 Å². The molecule has 0 bridgehead atoms. The highest BCUT2D eigenvalue weighted by Crippen LogP contribution is 2.40. The van der Waals surface area contributed by atoms with Crippen molar-refractivity contribution in [3.05, 3.63) is 88.2 Å². The van der Waals surface area contributed by atoms with Gasteiger partial charge in [-0.05, 0) is 67.5 Å². The van der Waals surface area contributed by atoms with E-state index in [2.05, 4.69) is 21.6 Å². The molecule has 0 aliphatic carbocycles. The predicted molar refractivity (Wildman–Crippen MR) is 131 cm³/mol. The van der Waals surface area contributed by atoms with Gasteiger partial charge in [0.2, 0.25) is 11.0 Å². The fourth-order valence-corrected chi connectivity index (χ4v) is 4.04. The molecule has 8 heteroatoms. The molecule has 0 saturated carbocycles. The number of nitrogens with one attached hydrogen (secondary N) is 1. The molecular formula is C24H20ClFN4OS. The summed E-state index contributed by atoms with van der Waals surface area (Å²) >= 11 is 11.5. The number of thiocarbonyl (C=S) groups is 1. The second-order valence-corrected chi connectivity index (χ2v) is 8.28. The third kappa shape index (κ3) is 4.49. The summed E-state index contributed by atoms with van der Waals surface area (Å²) in [5.74, 6) is -0.597. The van der Waals surface area contributed by atoms with Crippen LogP contribution in [0.15, 0.2) is 70.9 Å². The minimum absolute atomic E-state index is 0.0403. The maximum Gasteiger partial charge on any atom is 0.221 e. The second kappa shape index (κ2) is 9.06. The van der Waals surface area contributed by atoms with Gasteiger partial charge in [0.1, 0.15) is 5.82 Å². The van der Waals surface area contributed by atoms with Crippen LogP contribution >= 0.6 is 23.8 Å². The van der Waals surface area contributed by atoms with Gasteiger partial charge in [0, 0.05) is 21.7 Å². The van der Waals surface area contributed by atoms with Crippen LogP contribution in [0.25, 0.3) is 10.9 Å². The summed E-state index contributed by atoms with van der Waals surface area (Å²) < 4.78 is 15.9. The van der Waals surface area contributed by atoms with Crippen LogP contribution in [0, 0.1) is 19.7 Å². The number of aryl methyl sites for hydroxylation is 2. The SMILES string of the molecule is Cc1cc(C)cc(NC(=S)N=Nc2c(O)n(Cc3c(F)cccc3Cl)c3ccccc23)c1. The summed E-state index contributed by atoms with van der Waals surface area (Å²) in [5, 5.41) is 23.3. The normalized spacial score (nSPS) is 11.4. The zero-order chi connectivity index (χ0) is 22.8. The first-order valence-corrected chi connectivity index (χ1v) is 10.7. The number of fused-ring (bicyclic) bond motifs is 1. The molecule has 4 aromatic rings. The lowest BCUT2D eigenvalue weighted by Crippen LogP contribution is -2.05. The molecule has 32 heavy (non-hydrogen) atoms. The molecule has 1 heterocycles. The van der Waals surface area contributed by atoms with E-state index < -0.39 is 5.82 Å². The van der Waals surface area contributed by atoms with Crippen LogP contribution < -0.4 is 5.32 Å². The topological polar surface area (TPSA) is 61.9 Å². The summed E-state index contributed by atoms with van der Waals surface area (Å²) in [7, 11) is 0. The summed E-state index contributed by atoms with van der Waals surface area (Å²) in [6.07, 6.45) is 0. The molecule has 0 aliphatic heterocycles. The van der Waals surface area contributed by atoms with Crippen LogP contribution in [0.5, 0.6) is 5.88 Å². The third-order valence-electron chi connectivity index (χ3n) is 5.01. The van der Waals surface area contributed by atoms with Crippen molar-refractivity contribution < 1.29 is 9.50 Å². The first kappa shape index (κ1) is 21.9. The minimum Gasteiger partial charge on any atom is -0.493 e. The average Bonchev–Trinajstić information content (AvgIpc) is 2.99. The van der Waals surface area contributed by atoms with Crippen LogP contribution in [0.3, 0.4) is 0 Å². The van der Waals surface area contributed by atoms with Gasteiger partial charge in [-0.15, -0.1) is 10.2 Å². The molecule has 1 aromatic heterocycles. The van der Waals surface area contributed by atoms with Gasteiger partial charge < -0.3 is 15.0 Å². The second-order valence-electron chi connectivity index (χ2n) is 7.48. The number of nitrogens with zero attached hydrogens (tertiary/aromatic N) is 3. The van der Waals surface area contributed by atoms with Crippen molar-refractivity contribution in [3.63, 3.8) is 0 Å². The number of rotatable bonds is 4. The lowest BCUT2D eigenvalue weighted by atomic mass is 10.1. The summed E-state index contributed by atoms with van der Waals surface area (Å²) in [4.78, 5) is 0. The van der Waals surface area contributed by atoms with E-state index in [0.29, 0.717) is 10.9 Å². The summed E-state index contributed by atoms with van der Waals surface area (Å²) in [5.41, 5.74) is 4.21. The molecule has 0 unspecified atom stereocenters. The van der Waals surface area contributed by atoms with Crippen molar-refractivity contribution in [1.29, 1.82) is 0 Å². The van der Waals surface area contributed by atoms with Crippen molar-refractivity contribution in [2.45, 2.75) is 20.4 Å². The number of aromatic nitrogens is 1. The van der Waals surface area contributed by atoms with Crippen LogP contribution in [0.4, 0.5) is 15.8 Å². The highest BCUT2D eigenvalue weighted by molar-refractivity contribution is 7.80. The van der Waals surface area contributed by atoms with Gasteiger partial charge in [0.25, 0.3) is 0 Å². The van der Waals surface area contributed by atoms with Crippen LogP contribution in [-0.2, 0) is 6.54 Å². The van der Waals surface area contributed by atoms with Crippen molar-refractivity contribution >= 4 is 51.2 Å². The van der Waals surface area contributed by atoms with Crippen LogP contribution in [0.2, 0.25) is 5.02 Å². The Kier molecular flexibility index (Phi) is 6.21. The van der Waals surface area contributed by atoms with E-state index in [0.717, 1.165) is 16.8 Å². The first-order chi connectivity index (χ1) is 15.3. The molecule has 162 valence electrons. The van der Waals surface area contributed by atoms with E-state index >= 15 is 0 Å². The number of hydrogen-bond donors (Lipinski definition) is 2. The first-order valence-electron chi connectivity index (χ1n) is 9.87. The molecule has 0 spiro atoms. The Morgan fingerprint density at radius 1 is 1.09 bits per heavy atom. The van der Waals surface area contributed by atoms with E-state index in [1.807, 2.05) is 50.2 Å². The molecule has 3 aromatic carbocycles. The molecule has 5 nitrogen and oxygen atoms in total. The number of anilines is 1. The highest BCUT2D eigenvalue weighted by Gasteiger charge is 2.19. The summed E-state index contributed by atoms with van der Waals surface area (Å²) in [6.45, 7) is 4.04. The number of azo groups is 1. The lowest BCUT2D eigenvalue weighted by molar-refractivity contribution is 0.428. The fraction of sp³-hybridized carbons (Fsp3) is 0.125. The Morgan fingerprint density at radius 2 is 1.81 bits per heavy atom. The van der Waals surface area contributed by atoms with E-state index in [-0.39, 0.29) is 33.8 Å². The fourth-order valence-electron chi connectivity index (χ4n) is 3.66. The molecule has 0 saturated heterocycles. The Morgan fingerprint density at radius 3 is 2.53 bits per heavy atom. The van der Waals surface area contributed by atoms with Crippen molar-refractivity contribution in [1.82, 2.24) is 4.57 Å². The molecule has 2 N–H and O–H groups in total. The Labute approximate surface area is 195 Å². The average molecular weight is 467 g/mol. The van der Waals surface area contributed by atoms with Gasteiger partial charge in [-0.2, -0.15) is 0 Å². The Bertz CT molecular complexity index is 1330. The number of para-hydroxylation sites is 1. The van der Waals surface area contributed by atoms with Gasteiger partial charge in [-0.1, -0.05) is 41.9 Å². The molecule has 0 amide bonds. The lowest BCUT2D eigenvalue weighted by Gasteiger charge is -2.10. The van der Waals surface area contributed by atoms with Crippen molar-refractivity contribution in [2.75, 3.05) is 5.32 Å². The highest BCUT2D eigenvalue weighted by atomic mass is 35.5. The molecule has 0 aliphatic rings. The van der Waals surface area contributed by atoms with Gasteiger partial charge in [-0.3, -0.25) is 0 Å². The molecule has 0 radical (unpaired) electrons. The standard InChI is InChI=1S/C24H20ClFN4OS/c1-14-10-15(2)12-16(11-14)27-24(32)29-28-22-17-6-3-4-9-21(17)30(23(22)31)13-18-19(25)7-5-8-20(18)26/h3-12,31H,13H2,1-2H3,(H,27,32). The summed E-state index contributed by atoms with van der Waals surface area (Å²) in [6, 6.07) is 17.7. The van der Waals surface area contributed by atoms with E-state index in [4.69, 9.17) is 23.8 Å². The Balaban J connectivity index is 1.67. The number of hydrogen-bond acceptors (Lipinski definition) is 3. The van der Waals surface area contributed by atoms with Gasteiger partial charge in [0.05, 0.1) is 12.1 Å². The van der Waals surface area contributed by atoms with Crippen molar-refractivity contribution in [3.8, 4) is 5.88 Å². The molecule has 0 atom stereocenters. The minimum atomic E-state index is -0.448. The number of benzene rings is 3. The van der Waals surface area contributed by atoms with Gasteiger partial charge in [0.15, 0.2) is 5.69 Å². The number of halogens is 2. The number of aromatic hydroxyl groups is 1. The maximum absolute atomic E-state index is 14.3. The molecular weight excluding hydrogens is 447 g/mol. The van der Waals surface area contributed by atoms with Gasteiger partial charge >= 0.3 is 0 Å². The van der Waals surface area contributed by atoms with Gasteiger partial charge in [-0.25, -0.2) is 4.39 Å². The molecule has 4 rings (SSSR count). The largest absolute Gasteiger partial charge is 0.493 e.